The van der Waals surface area contributed by atoms with E-state index in [1.807, 2.05) is 34.6 Å². The highest BCUT2D eigenvalue weighted by Crippen LogP contribution is 2.35. The summed E-state index contributed by atoms with van der Waals surface area (Å²) < 4.78 is 21.2. The monoisotopic (exact) mass is 523 g/mol. The van der Waals surface area contributed by atoms with Crippen LogP contribution in [-0.2, 0) is 23.9 Å². The van der Waals surface area contributed by atoms with E-state index in [0.29, 0.717) is 12.0 Å². The number of aliphatic carboxylic acids is 1. The Balaban J connectivity index is 3.26. The van der Waals surface area contributed by atoms with E-state index in [2.05, 4.69) is 0 Å². The summed E-state index contributed by atoms with van der Waals surface area (Å²) >= 11 is 0. The molecule has 0 heterocycles. The molecule has 0 aromatic heterocycles. The first kappa shape index (κ1) is 31.9. The summed E-state index contributed by atoms with van der Waals surface area (Å²) in [5, 5.41) is 9.61. The van der Waals surface area contributed by atoms with Crippen molar-refractivity contribution < 1.29 is 43.2 Å². The summed E-state index contributed by atoms with van der Waals surface area (Å²) in [5.41, 5.74) is 6.41. The molecule has 0 aliphatic heterocycles. The highest BCUT2D eigenvalue weighted by atomic mass is 16.7. The molecule has 3 atom stereocenters. The molecule has 1 rings (SSSR count). The minimum atomic E-state index is -1.35. The molecule has 1 aromatic rings. The Labute approximate surface area is 218 Å². The number of carboxylic acids is 1. The maximum atomic E-state index is 12.4. The number of esters is 2. The van der Waals surface area contributed by atoms with Gasteiger partial charge in [-0.05, 0) is 49.3 Å². The summed E-state index contributed by atoms with van der Waals surface area (Å²) in [4.78, 5) is 48.4. The van der Waals surface area contributed by atoms with E-state index in [-0.39, 0.29) is 49.2 Å². The second-order valence-corrected chi connectivity index (χ2v) is 9.94. The van der Waals surface area contributed by atoms with Gasteiger partial charge in [0.05, 0.1) is 6.61 Å². The van der Waals surface area contributed by atoms with E-state index in [4.69, 9.17) is 24.7 Å². The molecule has 0 spiro atoms. The fourth-order valence-electron chi connectivity index (χ4n) is 3.48. The van der Waals surface area contributed by atoms with Gasteiger partial charge in [-0.1, -0.05) is 47.1 Å². The summed E-state index contributed by atoms with van der Waals surface area (Å²) in [6, 6.07) is 3.08. The van der Waals surface area contributed by atoms with Gasteiger partial charge >= 0.3 is 24.1 Å². The molecule has 2 unspecified atom stereocenters. The van der Waals surface area contributed by atoms with Crippen LogP contribution in [0, 0.1) is 11.8 Å². The number of carbonyl (C=O) groups excluding carboxylic acids is 3. The van der Waals surface area contributed by atoms with Gasteiger partial charge in [-0.3, -0.25) is 14.4 Å². The Morgan fingerprint density at radius 1 is 0.919 bits per heavy atom. The zero-order valence-corrected chi connectivity index (χ0v) is 22.7. The van der Waals surface area contributed by atoms with Gasteiger partial charge in [-0.2, -0.15) is 0 Å². The van der Waals surface area contributed by atoms with Gasteiger partial charge in [0.2, 0.25) is 0 Å². The van der Waals surface area contributed by atoms with Gasteiger partial charge in [0.1, 0.15) is 12.1 Å². The lowest BCUT2D eigenvalue weighted by atomic mass is 9.87. The van der Waals surface area contributed by atoms with Crippen molar-refractivity contribution in [3.05, 3.63) is 23.8 Å². The van der Waals surface area contributed by atoms with E-state index in [0.717, 1.165) is 6.42 Å². The van der Waals surface area contributed by atoms with Crippen molar-refractivity contribution in [1.29, 1.82) is 0 Å². The second-order valence-electron chi connectivity index (χ2n) is 9.94. The molecule has 0 aliphatic rings. The number of hydrogen-bond donors (Lipinski definition) is 2. The van der Waals surface area contributed by atoms with Crippen LogP contribution in [0.15, 0.2) is 18.2 Å². The number of carbonyl (C=O) groups is 4. The summed E-state index contributed by atoms with van der Waals surface area (Å²) in [6.07, 6.45) is 0.332. The fraction of sp³-hybridized carbons (Fsp3) is 0.630. The zero-order valence-electron chi connectivity index (χ0n) is 22.7. The van der Waals surface area contributed by atoms with Crippen LogP contribution >= 0.6 is 0 Å². The molecule has 0 fully saturated rings. The van der Waals surface area contributed by atoms with Crippen LogP contribution in [0.25, 0.3) is 0 Å². The normalized spacial score (nSPS) is 13.5. The van der Waals surface area contributed by atoms with Crippen molar-refractivity contribution >= 4 is 24.1 Å². The average Bonchev–Trinajstić information content (AvgIpc) is 2.77. The molecule has 10 heteroatoms. The SMILES string of the molecule is CCCCOC(=O)OC(C)CC(c1ccc(OC(=O)CC(C)C)c(OC(=O)CC(C)C)c1)[C@H](N)C(=O)O. The smallest absolute Gasteiger partial charge is 0.480 e. The van der Waals surface area contributed by atoms with Crippen LogP contribution in [0.2, 0.25) is 0 Å². The summed E-state index contributed by atoms with van der Waals surface area (Å²) in [7, 11) is 0. The van der Waals surface area contributed by atoms with E-state index in [9.17, 15) is 24.3 Å². The Kier molecular flexibility index (Phi) is 13.7. The number of carboxylic acid groups (broad SMARTS) is 1. The third kappa shape index (κ3) is 12.1. The topological polar surface area (TPSA) is 151 Å². The Bertz CT molecular complexity index is 913. The van der Waals surface area contributed by atoms with Gasteiger partial charge < -0.3 is 29.8 Å². The minimum absolute atomic E-state index is 0.0182. The average molecular weight is 524 g/mol. The van der Waals surface area contributed by atoms with Crippen molar-refractivity contribution in [3.63, 3.8) is 0 Å². The molecule has 0 aliphatic carbocycles. The summed E-state index contributed by atoms with van der Waals surface area (Å²) in [6.45, 7) is 11.2. The molecule has 3 N–H and O–H groups in total. The van der Waals surface area contributed by atoms with Crippen LogP contribution in [0.5, 0.6) is 11.5 Å². The third-order valence-electron chi connectivity index (χ3n) is 5.31. The predicted octanol–water partition coefficient (Wildman–Crippen LogP) is 4.82. The van der Waals surface area contributed by atoms with Crippen molar-refractivity contribution in [2.24, 2.45) is 17.6 Å². The number of benzene rings is 1. The minimum Gasteiger partial charge on any atom is -0.480 e. The molecule has 0 amide bonds. The maximum absolute atomic E-state index is 12.4. The fourth-order valence-corrected chi connectivity index (χ4v) is 3.48. The molecule has 0 radical (unpaired) electrons. The summed E-state index contributed by atoms with van der Waals surface area (Å²) in [5.74, 6) is -2.98. The van der Waals surface area contributed by atoms with E-state index < -0.39 is 42.1 Å². The van der Waals surface area contributed by atoms with Gasteiger partial charge in [0.15, 0.2) is 11.5 Å². The van der Waals surface area contributed by atoms with E-state index in [1.54, 1.807) is 13.0 Å². The molecule has 0 saturated carbocycles. The molecule has 208 valence electrons. The molecule has 10 nitrogen and oxygen atoms in total. The molecular formula is C27H41NO9. The van der Waals surface area contributed by atoms with Crippen LogP contribution in [-0.4, -0.2) is 47.9 Å². The van der Waals surface area contributed by atoms with Gasteiger partial charge in [-0.15, -0.1) is 0 Å². The Hall–Kier alpha value is -3.14. The van der Waals surface area contributed by atoms with Crippen LogP contribution in [0.3, 0.4) is 0 Å². The number of rotatable bonds is 15. The van der Waals surface area contributed by atoms with E-state index >= 15 is 0 Å². The molecule has 37 heavy (non-hydrogen) atoms. The lowest BCUT2D eigenvalue weighted by Crippen LogP contribution is -2.38. The molecule has 1 aromatic carbocycles. The highest BCUT2D eigenvalue weighted by Gasteiger charge is 2.30. The van der Waals surface area contributed by atoms with E-state index in [1.165, 1.54) is 12.1 Å². The van der Waals surface area contributed by atoms with Gasteiger partial charge in [0.25, 0.3) is 0 Å². The predicted molar refractivity (Wildman–Crippen MR) is 136 cm³/mol. The Morgan fingerprint density at radius 2 is 1.49 bits per heavy atom. The molecular weight excluding hydrogens is 482 g/mol. The van der Waals surface area contributed by atoms with Gasteiger partial charge in [-0.25, -0.2) is 4.79 Å². The zero-order chi connectivity index (χ0) is 28.1. The number of ether oxygens (including phenoxy) is 4. The third-order valence-corrected chi connectivity index (χ3v) is 5.31. The van der Waals surface area contributed by atoms with Crippen molar-refractivity contribution in [2.45, 2.75) is 91.7 Å². The van der Waals surface area contributed by atoms with Crippen molar-refractivity contribution in [2.75, 3.05) is 6.61 Å². The first-order valence-electron chi connectivity index (χ1n) is 12.7. The van der Waals surface area contributed by atoms with Crippen LogP contribution in [0.1, 0.15) is 85.1 Å². The highest BCUT2D eigenvalue weighted by molar-refractivity contribution is 5.77. The lowest BCUT2D eigenvalue weighted by Gasteiger charge is -2.25. The number of nitrogens with two attached hydrogens (primary N) is 1. The standard InChI is InChI=1S/C27H41NO9/c1-7-8-11-34-27(33)35-18(6)14-20(25(28)26(31)32)19-9-10-21(36-23(29)12-16(2)3)22(15-19)37-24(30)13-17(4)5/h9-10,15-18,20,25H,7-8,11-14,28H2,1-6H3,(H,31,32)/t18?,20?,25-/m0/s1. The van der Waals surface area contributed by atoms with Gasteiger partial charge in [0, 0.05) is 18.8 Å². The number of unbranched alkanes of at least 4 members (excludes halogenated alkanes) is 1. The number of hydrogen-bond acceptors (Lipinski definition) is 9. The maximum Gasteiger partial charge on any atom is 0.508 e. The Morgan fingerprint density at radius 3 is 2.00 bits per heavy atom. The second kappa shape index (κ2) is 15.9. The van der Waals surface area contributed by atoms with Crippen molar-refractivity contribution in [1.82, 2.24) is 0 Å². The first-order valence-corrected chi connectivity index (χ1v) is 12.7. The quantitative estimate of drug-likeness (QED) is 0.186. The first-order chi connectivity index (χ1) is 17.3. The molecule has 0 saturated heterocycles. The largest absolute Gasteiger partial charge is 0.508 e. The van der Waals surface area contributed by atoms with Crippen LogP contribution < -0.4 is 15.2 Å². The van der Waals surface area contributed by atoms with Crippen LogP contribution in [0.4, 0.5) is 4.79 Å². The molecule has 0 bridgehead atoms. The van der Waals surface area contributed by atoms with Crippen molar-refractivity contribution in [3.8, 4) is 11.5 Å². The lowest BCUT2D eigenvalue weighted by molar-refractivity contribution is -0.139.